The second-order valence-electron chi connectivity index (χ2n) is 13.4. The summed E-state index contributed by atoms with van der Waals surface area (Å²) < 4.78 is 0. The van der Waals surface area contributed by atoms with Gasteiger partial charge in [0.1, 0.15) is 18.1 Å². The number of nitrogens with zero attached hydrogens (tertiary/aromatic N) is 1. The zero-order chi connectivity index (χ0) is 35.9. The summed E-state index contributed by atoms with van der Waals surface area (Å²) >= 11 is 0. The average Bonchev–Trinajstić information content (AvgIpc) is 3.46. The minimum Gasteiger partial charge on any atom is -0.480 e. The van der Waals surface area contributed by atoms with Crippen molar-refractivity contribution in [3.63, 3.8) is 0 Å². The lowest BCUT2D eigenvalue weighted by atomic mass is 10.0. The van der Waals surface area contributed by atoms with Gasteiger partial charge in [-0.25, -0.2) is 4.79 Å². The molecule has 0 saturated heterocycles. The van der Waals surface area contributed by atoms with Crippen molar-refractivity contribution in [2.75, 3.05) is 24.5 Å². The molecule has 0 bridgehead atoms. The van der Waals surface area contributed by atoms with Crippen LogP contribution in [0.3, 0.4) is 0 Å². The Morgan fingerprint density at radius 2 is 1.63 bits per heavy atom. The highest BCUT2D eigenvalue weighted by molar-refractivity contribution is 6.06. The Morgan fingerprint density at radius 1 is 0.959 bits per heavy atom. The van der Waals surface area contributed by atoms with Crippen LogP contribution in [-0.2, 0) is 30.4 Å². The van der Waals surface area contributed by atoms with E-state index in [1.807, 2.05) is 26.0 Å². The second-order valence-corrected chi connectivity index (χ2v) is 13.4. The quantitative estimate of drug-likeness (QED) is 0.0994. The van der Waals surface area contributed by atoms with Crippen molar-refractivity contribution in [2.45, 2.75) is 114 Å². The lowest BCUT2D eigenvalue weighted by Crippen LogP contribution is -2.58. The lowest BCUT2D eigenvalue weighted by Gasteiger charge is -2.31. The number of nitrogens with two attached hydrogens (primary N) is 3. The Balaban J connectivity index is 1.92. The zero-order valence-electron chi connectivity index (χ0n) is 28.9. The van der Waals surface area contributed by atoms with E-state index in [4.69, 9.17) is 17.2 Å². The van der Waals surface area contributed by atoms with Crippen LogP contribution < -0.4 is 43.4 Å². The normalized spacial score (nSPS) is 24.7. The van der Waals surface area contributed by atoms with E-state index in [0.717, 1.165) is 18.4 Å². The van der Waals surface area contributed by atoms with Gasteiger partial charge in [-0.15, -0.1) is 0 Å². The summed E-state index contributed by atoms with van der Waals surface area (Å²) in [5.74, 6) is -2.80. The minimum absolute atomic E-state index is 0.0271. The van der Waals surface area contributed by atoms with Crippen LogP contribution >= 0.6 is 0 Å². The van der Waals surface area contributed by atoms with Crippen molar-refractivity contribution in [1.29, 1.82) is 0 Å². The van der Waals surface area contributed by atoms with Gasteiger partial charge in [-0.3, -0.25) is 24.1 Å². The smallest absolute Gasteiger partial charge is 0.326 e. The molecule has 272 valence electrons. The van der Waals surface area contributed by atoms with Gasteiger partial charge in [0.05, 0.1) is 12.1 Å². The predicted octanol–water partition coefficient (Wildman–Crippen LogP) is 0.423. The van der Waals surface area contributed by atoms with Gasteiger partial charge in [-0.2, -0.15) is 0 Å². The second kappa shape index (κ2) is 20.0. The number of carboxylic acid groups (broad SMARTS) is 1. The minimum atomic E-state index is -1.13. The number of hydrogen-bond donors (Lipinski definition) is 8. The van der Waals surface area contributed by atoms with E-state index in [9.17, 15) is 29.1 Å². The number of anilines is 1. The lowest BCUT2D eigenvalue weighted by molar-refractivity contribution is -0.142. The molecule has 1 aromatic carbocycles. The van der Waals surface area contributed by atoms with Crippen molar-refractivity contribution >= 4 is 35.3 Å². The molecule has 4 amide bonds. The third-order valence-electron chi connectivity index (χ3n) is 8.94. The van der Waals surface area contributed by atoms with Crippen LogP contribution in [0.25, 0.3) is 0 Å². The fraction of sp³-hybridized carbons (Fsp3) is 0.629. The van der Waals surface area contributed by atoms with Gasteiger partial charge in [-0.05, 0) is 82.0 Å². The summed E-state index contributed by atoms with van der Waals surface area (Å²) in [6.07, 6.45) is 8.23. The molecule has 2 heterocycles. The molecule has 0 aromatic heterocycles. The molecule has 0 fully saturated rings. The van der Waals surface area contributed by atoms with Crippen molar-refractivity contribution in [3.8, 4) is 0 Å². The Hall–Kier alpha value is -3.85. The monoisotopic (exact) mass is 684 g/mol. The van der Waals surface area contributed by atoms with Crippen molar-refractivity contribution in [3.05, 3.63) is 42.0 Å². The standard InChI is InChI=1S/C35H56N8O6/c1-22(2)19-28(35(48)49)42-33(46)30-20-23-11-3-6-16-29(23)43(30)34(47)27-15-5-4-13-25(38)31(44)41-26(14-8-10-18-37)32(45)40-24(21-39-27)12-7-9-17-36/h3-6,11,16,22,24-28,30,39H,7-10,12-15,17-21,36-38H2,1-2H3,(H,40,45)(H,41,44)(H,42,46)(H,48,49)/b5-4+/t24-,25-,26-,27-,28-,30-/m0/s1. The van der Waals surface area contributed by atoms with E-state index < -0.39 is 48.0 Å². The molecule has 2 aliphatic heterocycles. The molecule has 14 nitrogen and oxygen atoms in total. The number of aliphatic carboxylic acids is 1. The molecule has 0 spiro atoms. The number of rotatable bonds is 14. The van der Waals surface area contributed by atoms with Crippen LogP contribution in [0.4, 0.5) is 5.69 Å². The Morgan fingerprint density at radius 3 is 2.31 bits per heavy atom. The highest BCUT2D eigenvalue weighted by Gasteiger charge is 2.41. The molecule has 0 saturated carbocycles. The van der Waals surface area contributed by atoms with Crippen molar-refractivity contribution < 1.29 is 29.1 Å². The summed E-state index contributed by atoms with van der Waals surface area (Å²) in [4.78, 5) is 68.1. The van der Waals surface area contributed by atoms with E-state index in [-0.39, 0.29) is 56.0 Å². The van der Waals surface area contributed by atoms with Gasteiger partial charge in [0.2, 0.25) is 23.6 Å². The van der Waals surface area contributed by atoms with Crippen LogP contribution in [-0.4, -0.2) is 90.6 Å². The fourth-order valence-electron chi connectivity index (χ4n) is 6.24. The number of amides is 4. The third-order valence-corrected chi connectivity index (χ3v) is 8.94. The van der Waals surface area contributed by atoms with Crippen LogP contribution in [0.5, 0.6) is 0 Å². The highest BCUT2D eigenvalue weighted by Crippen LogP contribution is 2.33. The Labute approximate surface area is 289 Å². The molecule has 0 unspecified atom stereocenters. The number of para-hydroxylation sites is 1. The first-order valence-electron chi connectivity index (χ1n) is 17.6. The van der Waals surface area contributed by atoms with Gasteiger partial charge in [-0.1, -0.05) is 50.6 Å². The van der Waals surface area contributed by atoms with E-state index >= 15 is 0 Å². The van der Waals surface area contributed by atoms with Gasteiger partial charge in [0.15, 0.2) is 0 Å². The fourth-order valence-corrected chi connectivity index (χ4v) is 6.24. The zero-order valence-corrected chi connectivity index (χ0v) is 28.9. The van der Waals surface area contributed by atoms with E-state index in [1.165, 1.54) is 4.90 Å². The van der Waals surface area contributed by atoms with Gasteiger partial charge < -0.3 is 43.6 Å². The van der Waals surface area contributed by atoms with E-state index in [0.29, 0.717) is 44.5 Å². The van der Waals surface area contributed by atoms with Crippen LogP contribution in [0.2, 0.25) is 0 Å². The molecule has 0 aliphatic carbocycles. The molecule has 0 radical (unpaired) electrons. The number of fused-ring (bicyclic) bond motifs is 1. The van der Waals surface area contributed by atoms with E-state index in [1.54, 1.807) is 24.3 Å². The molecular weight excluding hydrogens is 628 g/mol. The van der Waals surface area contributed by atoms with Crippen LogP contribution in [0.1, 0.15) is 77.2 Å². The number of benzene rings is 1. The summed E-state index contributed by atoms with van der Waals surface area (Å²) in [6, 6.07) is 2.30. The highest BCUT2D eigenvalue weighted by atomic mass is 16.4. The van der Waals surface area contributed by atoms with E-state index in [2.05, 4.69) is 21.3 Å². The maximum absolute atomic E-state index is 14.5. The molecule has 3 rings (SSSR count). The number of unbranched alkanes of at least 4 members (excludes halogenated alkanes) is 2. The predicted molar refractivity (Wildman–Crippen MR) is 188 cm³/mol. The largest absolute Gasteiger partial charge is 0.480 e. The first-order valence-corrected chi connectivity index (χ1v) is 17.6. The first-order chi connectivity index (χ1) is 23.5. The van der Waals surface area contributed by atoms with Gasteiger partial charge >= 0.3 is 5.97 Å². The van der Waals surface area contributed by atoms with Crippen LogP contribution in [0, 0.1) is 5.92 Å². The molecule has 2 aliphatic rings. The summed E-state index contributed by atoms with van der Waals surface area (Å²) in [5.41, 5.74) is 19.0. The molecular formula is C35H56N8O6. The molecule has 14 heteroatoms. The average molecular weight is 685 g/mol. The number of carboxylic acids is 1. The van der Waals surface area contributed by atoms with Crippen LogP contribution in [0.15, 0.2) is 36.4 Å². The number of nitrogens with one attached hydrogen (secondary N) is 4. The first kappa shape index (κ1) is 39.6. The maximum Gasteiger partial charge on any atom is 0.326 e. The number of carbonyl (C=O) groups excluding carboxylic acids is 4. The summed E-state index contributed by atoms with van der Waals surface area (Å²) in [6.45, 7) is 4.96. The maximum atomic E-state index is 14.5. The van der Waals surface area contributed by atoms with Gasteiger partial charge in [0, 0.05) is 24.7 Å². The Bertz CT molecular complexity index is 1310. The molecule has 11 N–H and O–H groups in total. The third kappa shape index (κ3) is 11.9. The SMILES string of the molecule is CC(C)C[C@H](NC(=O)[C@@H]1Cc2ccccc2N1C(=O)[C@@H]1C/C=C/C[C@H](N)C(=O)N[C@@H](CCCCN)C(=O)N[C@@H](CCCCN)CN1)C(=O)O. The summed E-state index contributed by atoms with van der Waals surface area (Å²) in [5, 5.41) is 21.7. The number of hydrogen-bond acceptors (Lipinski definition) is 9. The molecule has 6 atom stereocenters. The van der Waals surface area contributed by atoms with Crippen molar-refractivity contribution in [1.82, 2.24) is 21.3 Å². The molecule has 1 aromatic rings. The number of carbonyl (C=O) groups is 5. The summed E-state index contributed by atoms with van der Waals surface area (Å²) in [7, 11) is 0. The topological polar surface area (TPSA) is 235 Å². The van der Waals surface area contributed by atoms with Crippen molar-refractivity contribution in [2.24, 2.45) is 23.1 Å². The Kier molecular flexibility index (Phi) is 16.1. The van der Waals surface area contributed by atoms with Gasteiger partial charge in [0.25, 0.3) is 0 Å². The molecule has 49 heavy (non-hydrogen) atoms.